The van der Waals surface area contributed by atoms with Gasteiger partial charge < -0.3 is 24.4 Å². The lowest BCUT2D eigenvalue weighted by Gasteiger charge is -2.21. The first-order valence-electron chi connectivity index (χ1n) is 9.80. The fourth-order valence-corrected chi connectivity index (χ4v) is 3.42. The third kappa shape index (κ3) is 8.65. The minimum atomic E-state index is 0. The van der Waals surface area contributed by atoms with E-state index in [1.165, 1.54) is 0 Å². The monoisotopic (exact) mass is 548 g/mol. The van der Waals surface area contributed by atoms with E-state index in [4.69, 9.17) is 19.2 Å². The van der Waals surface area contributed by atoms with Crippen LogP contribution in [0.1, 0.15) is 37.1 Å². The second-order valence-corrected chi connectivity index (χ2v) is 7.41. The number of hydrogen-bond acceptors (Lipinski definition) is 6. The van der Waals surface area contributed by atoms with E-state index in [1.54, 1.807) is 25.6 Å². The third-order valence-corrected chi connectivity index (χ3v) is 5.31. The molecule has 1 N–H and O–H groups in total. The lowest BCUT2D eigenvalue weighted by Crippen LogP contribution is -2.38. The fraction of sp³-hybridized carbons (Fsp3) is 0.524. The van der Waals surface area contributed by atoms with Gasteiger partial charge in [-0.25, -0.2) is 4.98 Å². The highest BCUT2D eigenvalue weighted by Crippen LogP contribution is 2.21. The zero-order valence-corrected chi connectivity index (χ0v) is 21.5. The number of ether oxygens (including phenoxy) is 3. The number of rotatable bonds is 11. The molecule has 1 heterocycles. The van der Waals surface area contributed by atoms with Crippen molar-refractivity contribution in [1.82, 2.24) is 15.2 Å². The van der Waals surface area contributed by atoms with E-state index in [-0.39, 0.29) is 30.1 Å². The first-order valence-corrected chi connectivity index (χ1v) is 10.7. The largest absolute Gasteiger partial charge is 0.497 e. The van der Waals surface area contributed by atoms with Crippen molar-refractivity contribution in [3.8, 4) is 11.5 Å². The fourth-order valence-electron chi connectivity index (χ4n) is 2.58. The van der Waals surface area contributed by atoms with Crippen molar-refractivity contribution in [2.75, 3.05) is 41.0 Å². The summed E-state index contributed by atoms with van der Waals surface area (Å²) in [6.45, 7) is 6.88. The second-order valence-electron chi connectivity index (χ2n) is 6.52. The second kappa shape index (κ2) is 14.4. The topological polar surface area (TPSA) is 68.2 Å². The van der Waals surface area contributed by atoms with E-state index in [0.717, 1.165) is 41.1 Å². The van der Waals surface area contributed by atoms with Gasteiger partial charge >= 0.3 is 0 Å². The standard InChI is InChI=1S/C21H32N4O3S.HI/c1-6-22-21(25(3)14-17-15-29-20(24-17)16(2)26-4)23-12-7-13-28-19-10-8-18(27-5)9-11-19;/h8-11,15-16H,6-7,12-14H2,1-5H3,(H,22,23);1H. The van der Waals surface area contributed by atoms with Gasteiger partial charge in [0.2, 0.25) is 0 Å². The number of benzene rings is 1. The summed E-state index contributed by atoms with van der Waals surface area (Å²) in [6.07, 6.45) is 0.854. The molecule has 0 radical (unpaired) electrons. The highest BCUT2D eigenvalue weighted by molar-refractivity contribution is 14.0. The number of thiazole rings is 1. The van der Waals surface area contributed by atoms with Gasteiger partial charge in [0.05, 0.1) is 26.0 Å². The predicted molar refractivity (Wildman–Crippen MR) is 134 cm³/mol. The molecule has 9 heteroatoms. The van der Waals surface area contributed by atoms with Crippen LogP contribution >= 0.6 is 35.3 Å². The van der Waals surface area contributed by atoms with Crippen LogP contribution in [-0.4, -0.2) is 56.8 Å². The van der Waals surface area contributed by atoms with E-state index in [2.05, 4.69) is 27.5 Å². The van der Waals surface area contributed by atoms with E-state index >= 15 is 0 Å². The summed E-state index contributed by atoms with van der Waals surface area (Å²) in [5.74, 6) is 2.53. The molecule has 0 saturated heterocycles. The van der Waals surface area contributed by atoms with Crippen molar-refractivity contribution in [3.63, 3.8) is 0 Å². The summed E-state index contributed by atoms with van der Waals surface area (Å²) in [7, 11) is 5.38. The van der Waals surface area contributed by atoms with E-state index in [9.17, 15) is 0 Å². The van der Waals surface area contributed by atoms with Gasteiger partial charge in [0.25, 0.3) is 0 Å². The Kier molecular flexibility index (Phi) is 12.7. The van der Waals surface area contributed by atoms with Crippen LogP contribution in [0.15, 0.2) is 34.6 Å². The molecule has 30 heavy (non-hydrogen) atoms. The lowest BCUT2D eigenvalue weighted by molar-refractivity contribution is 0.119. The number of guanidine groups is 1. The summed E-state index contributed by atoms with van der Waals surface area (Å²) in [5.41, 5.74) is 1.02. The molecule has 1 unspecified atom stereocenters. The minimum absolute atomic E-state index is 0. The molecular formula is C21H33IN4O3S. The highest BCUT2D eigenvalue weighted by atomic mass is 127. The number of hydrogen-bond donors (Lipinski definition) is 1. The molecule has 0 aliphatic heterocycles. The first-order chi connectivity index (χ1) is 14.1. The number of nitrogens with zero attached hydrogens (tertiary/aromatic N) is 3. The van der Waals surface area contributed by atoms with Gasteiger partial charge in [-0.2, -0.15) is 0 Å². The molecular weight excluding hydrogens is 515 g/mol. The minimum Gasteiger partial charge on any atom is -0.497 e. The average Bonchev–Trinajstić information content (AvgIpc) is 3.21. The Labute approximate surface area is 200 Å². The molecule has 0 bridgehead atoms. The van der Waals surface area contributed by atoms with Crippen molar-refractivity contribution in [2.24, 2.45) is 4.99 Å². The smallest absolute Gasteiger partial charge is 0.194 e. The maximum Gasteiger partial charge on any atom is 0.194 e. The van der Waals surface area contributed by atoms with Crippen LogP contribution in [0.4, 0.5) is 0 Å². The van der Waals surface area contributed by atoms with Crippen LogP contribution in [-0.2, 0) is 11.3 Å². The Hall–Kier alpha value is -1.59. The lowest BCUT2D eigenvalue weighted by atomic mass is 10.3. The molecule has 0 saturated carbocycles. The molecule has 0 aliphatic rings. The molecule has 0 aliphatic carbocycles. The Morgan fingerprint density at radius 3 is 2.57 bits per heavy atom. The van der Waals surface area contributed by atoms with Crippen molar-refractivity contribution in [3.05, 3.63) is 40.3 Å². The van der Waals surface area contributed by atoms with E-state index in [0.29, 0.717) is 19.7 Å². The van der Waals surface area contributed by atoms with Crippen LogP contribution in [0, 0.1) is 0 Å². The van der Waals surface area contributed by atoms with Crippen molar-refractivity contribution in [2.45, 2.75) is 32.9 Å². The van der Waals surface area contributed by atoms with Gasteiger partial charge in [0.15, 0.2) is 5.96 Å². The maximum absolute atomic E-state index is 5.76. The molecule has 168 valence electrons. The quantitative estimate of drug-likeness (QED) is 0.195. The zero-order valence-electron chi connectivity index (χ0n) is 18.4. The van der Waals surface area contributed by atoms with Crippen molar-refractivity contribution < 1.29 is 14.2 Å². The summed E-state index contributed by atoms with van der Waals surface area (Å²) in [4.78, 5) is 11.5. The molecule has 1 atom stereocenters. The third-order valence-electron chi connectivity index (χ3n) is 4.26. The molecule has 2 rings (SSSR count). The number of nitrogens with one attached hydrogen (secondary N) is 1. The van der Waals surface area contributed by atoms with Crippen LogP contribution in [0.5, 0.6) is 11.5 Å². The maximum atomic E-state index is 5.76. The van der Waals surface area contributed by atoms with Gasteiger partial charge in [-0.05, 0) is 38.1 Å². The van der Waals surface area contributed by atoms with Gasteiger partial charge in [-0.1, -0.05) is 0 Å². The molecule has 0 spiro atoms. The molecule has 7 nitrogen and oxygen atoms in total. The van der Waals surface area contributed by atoms with Crippen LogP contribution in [0.25, 0.3) is 0 Å². The highest BCUT2D eigenvalue weighted by Gasteiger charge is 2.12. The zero-order chi connectivity index (χ0) is 21.1. The molecule has 1 aromatic heterocycles. The first kappa shape index (κ1) is 26.4. The number of halogens is 1. The van der Waals surface area contributed by atoms with E-state index < -0.39 is 0 Å². The summed E-state index contributed by atoms with van der Waals surface area (Å²) >= 11 is 1.63. The van der Waals surface area contributed by atoms with Crippen LogP contribution in [0.3, 0.4) is 0 Å². The van der Waals surface area contributed by atoms with Crippen molar-refractivity contribution >= 4 is 41.3 Å². The van der Waals surface area contributed by atoms with Crippen molar-refractivity contribution in [1.29, 1.82) is 0 Å². The van der Waals surface area contributed by atoms with Crippen LogP contribution < -0.4 is 14.8 Å². The van der Waals surface area contributed by atoms with Crippen LogP contribution in [0.2, 0.25) is 0 Å². The average molecular weight is 548 g/mol. The number of aliphatic imine (C=N–C) groups is 1. The normalized spacial score (nSPS) is 12.1. The molecule has 0 amide bonds. The summed E-state index contributed by atoms with van der Waals surface area (Å²) in [5, 5.41) is 6.41. The Morgan fingerprint density at radius 2 is 1.93 bits per heavy atom. The van der Waals surface area contributed by atoms with Gasteiger partial charge in [-0.3, -0.25) is 4.99 Å². The molecule has 1 aromatic carbocycles. The van der Waals surface area contributed by atoms with Gasteiger partial charge in [0, 0.05) is 39.0 Å². The number of methoxy groups -OCH3 is 2. The van der Waals surface area contributed by atoms with E-state index in [1.807, 2.05) is 38.2 Å². The number of aromatic nitrogens is 1. The SMILES string of the molecule is CCNC(=NCCCOc1ccc(OC)cc1)N(C)Cc1csc(C(C)OC)n1.I. The predicted octanol–water partition coefficient (Wildman–Crippen LogP) is 4.34. The Bertz CT molecular complexity index is 755. The summed E-state index contributed by atoms with van der Waals surface area (Å²) < 4.78 is 16.3. The summed E-state index contributed by atoms with van der Waals surface area (Å²) in [6, 6.07) is 7.60. The molecule has 0 fully saturated rings. The van der Waals surface area contributed by atoms with Gasteiger partial charge in [0.1, 0.15) is 22.6 Å². The molecule has 2 aromatic rings. The Morgan fingerprint density at radius 1 is 1.23 bits per heavy atom. The Balaban J connectivity index is 0.00000450. The van der Waals surface area contributed by atoms with Gasteiger partial charge in [-0.15, -0.1) is 35.3 Å².